The number of hydrogen-bond acceptors (Lipinski definition) is 5. The smallest absolute Gasteiger partial charge is 0.355 e. The Kier molecular flexibility index (Phi) is 4.70. The van der Waals surface area contributed by atoms with Gasteiger partial charge in [-0.15, -0.1) is 11.3 Å². The minimum Gasteiger partial charge on any atom is -0.476 e. The van der Waals surface area contributed by atoms with Crippen LogP contribution in [0.25, 0.3) is 0 Å². The molecule has 6 heteroatoms. The molecular weight excluding hydrogens is 228 g/mol. The van der Waals surface area contributed by atoms with Gasteiger partial charge in [0.1, 0.15) is 0 Å². The number of carboxylic acids is 1. The molecule has 0 fully saturated rings. The summed E-state index contributed by atoms with van der Waals surface area (Å²) in [5.41, 5.74) is 0.122. The van der Waals surface area contributed by atoms with Crippen LogP contribution in [0.4, 0.5) is 5.13 Å². The zero-order chi connectivity index (χ0) is 12.1. The highest BCUT2D eigenvalue weighted by Crippen LogP contribution is 2.21. The van der Waals surface area contributed by atoms with Gasteiger partial charge in [0.05, 0.1) is 12.7 Å². The van der Waals surface area contributed by atoms with Gasteiger partial charge in [-0.05, 0) is 20.8 Å². The zero-order valence-corrected chi connectivity index (χ0v) is 10.4. The van der Waals surface area contributed by atoms with E-state index in [0.29, 0.717) is 23.2 Å². The average molecular weight is 244 g/mol. The number of rotatable bonds is 6. The van der Waals surface area contributed by atoms with Crippen LogP contribution in [-0.4, -0.2) is 35.3 Å². The molecule has 1 aromatic heterocycles. The first-order chi connectivity index (χ1) is 7.50. The third-order valence-electron chi connectivity index (χ3n) is 1.83. The topological polar surface area (TPSA) is 71.5 Å². The first kappa shape index (κ1) is 12.9. The largest absolute Gasteiger partial charge is 0.476 e. The lowest BCUT2D eigenvalue weighted by Gasteiger charge is -2.07. The second-order valence-corrected chi connectivity index (χ2v) is 4.78. The van der Waals surface area contributed by atoms with Gasteiger partial charge in [-0.1, -0.05) is 0 Å². The average Bonchev–Trinajstić information content (AvgIpc) is 2.54. The standard InChI is InChI=1S/C10H16N2O3S/c1-6(2)15-5-4-11-10-12-8(9(13)14)7(3)16-10/h6H,4-5H2,1-3H3,(H,11,12)(H,13,14). The quantitative estimate of drug-likeness (QED) is 0.749. The van der Waals surface area contributed by atoms with Gasteiger partial charge in [0.15, 0.2) is 10.8 Å². The van der Waals surface area contributed by atoms with E-state index in [2.05, 4.69) is 10.3 Å². The molecule has 0 unspecified atom stereocenters. The molecule has 5 nitrogen and oxygen atoms in total. The summed E-state index contributed by atoms with van der Waals surface area (Å²) in [6.07, 6.45) is 0.203. The van der Waals surface area contributed by atoms with E-state index in [-0.39, 0.29) is 11.8 Å². The Balaban J connectivity index is 2.43. The molecule has 0 saturated carbocycles. The van der Waals surface area contributed by atoms with Gasteiger partial charge in [-0.2, -0.15) is 0 Å². The van der Waals surface area contributed by atoms with Crippen LogP contribution < -0.4 is 5.32 Å². The lowest BCUT2D eigenvalue weighted by molar-refractivity contribution is 0.0690. The van der Waals surface area contributed by atoms with Crippen molar-refractivity contribution < 1.29 is 14.6 Å². The predicted molar refractivity (Wildman–Crippen MR) is 63.4 cm³/mol. The zero-order valence-electron chi connectivity index (χ0n) is 9.61. The van der Waals surface area contributed by atoms with Crippen LogP contribution in [0.3, 0.4) is 0 Å². The maximum absolute atomic E-state index is 10.7. The molecule has 1 aromatic rings. The molecule has 0 aromatic carbocycles. The maximum Gasteiger partial charge on any atom is 0.355 e. The highest BCUT2D eigenvalue weighted by Gasteiger charge is 2.13. The second-order valence-electron chi connectivity index (χ2n) is 3.58. The van der Waals surface area contributed by atoms with Gasteiger partial charge in [0.25, 0.3) is 0 Å². The van der Waals surface area contributed by atoms with E-state index in [0.717, 1.165) is 0 Å². The Labute approximate surface area is 98.5 Å². The van der Waals surface area contributed by atoms with Crippen molar-refractivity contribution in [3.8, 4) is 0 Å². The molecule has 0 aliphatic rings. The minimum atomic E-state index is -0.986. The summed E-state index contributed by atoms with van der Waals surface area (Å²) in [4.78, 5) is 15.4. The lowest BCUT2D eigenvalue weighted by Crippen LogP contribution is -2.13. The Morgan fingerprint density at radius 1 is 1.62 bits per heavy atom. The lowest BCUT2D eigenvalue weighted by atomic mass is 10.4. The number of nitrogens with zero attached hydrogens (tertiary/aromatic N) is 1. The fraction of sp³-hybridized carbons (Fsp3) is 0.600. The highest BCUT2D eigenvalue weighted by atomic mass is 32.1. The molecule has 16 heavy (non-hydrogen) atoms. The summed E-state index contributed by atoms with van der Waals surface area (Å²) >= 11 is 1.34. The number of nitrogens with one attached hydrogen (secondary N) is 1. The predicted octanol–water partition coefficient (Wildman–Crippen LogP) is 1.99. The van der Waals surface area contributed by atoms with Gasteiger partial charge in [-0.25, -0.2) is 9.78 Å². The molecule has 0 amide bonds. The van der Waals surface area contributed by atoms with E-state index in [1.807, 2.05) is 13.8 Å². The number of anilines is 1. The summed E-state index contributed by atoms with van der Waals surface area (Å²) in [7, 11) is 0. The molecule has 1 rings (SSSR count). The molecular formula is C10H16N2O3S. The second kappa shape index (κ2) is 5.81. The van der Waals surface area contributed by atoms with Crippen LogP contribution in [0.1, 0.15) is 29.2 Å². The normalized spacial score (nSPS) is 10.8. The van der Waals surface area contributed by atoms with Crippen LogP contribution in [0, 0.1) is 6.92 Å². The number of hydrogen-bond donors (Lipinski definition) is 2. The molecule has 0 spiro atoms. The van der Waals surface area contributed by atoms with Crippen molar-refractivity contribution in [2.45, 2.75) is 26.9 Å². The van der Waals surface area contributed by atoms with Crippen molar-refractivity contribution in [2.75, 3.05) is 18.5 Å². The van der Waals surface area contributed by atoms with Crippen molar-refractivity contribution in [3.63, 3.8) is 0 Å². The van der Waals surface area contributed by atoms with E-state index in [9.17, 15) is 4.79 Å². The van der Waals surface area contributed by atoms with Gasteiger partial charge in [-0.3, -0.25) is 0 Å². The molecule has 0 aliphatic carbocycles. The molecule has 0 bridgehead atoms. The minimum absolute atomic E-state index is 0.122. The van der Waals surface area contributed by atoms with E-state index >= 15 is 0 Å². The van der Waals surface area contributed by atoms with Crippen LogP contribution in [-0.2, 0) is 4.74 Å². The van der Waals surface area contributed by atoms with Gasteiger partial charge < -0.3 is 15.2 Å². The summed E-state index contributed by atoms with van der Waals surface area (Å²) < 4.78 is 5.35. The first-order valence-corrected chi connectivity index (χ1v) is 5.88. The van der Waals surface area contributed by atoms with Crippen molar-refractivity contribution in [3.05, 3.63) is 10.6 Å². The molecule has 0 aliphatic heterocycles. The van der Waals surface area contributed by atoms with E-state index < -0.39 is 5.97 Å². The van der Waals surface area contributed by atoms with Crippen molar-refractivity contribution in [1.29, 1.82) is 0 Å². The summed E-state index contributed by atoms with van der Waals surface area (Å²) in [6, 6.07) is 0. The third-order valence-corrected chi connectivity index (χ3v) is 2.76. The summed E-state index contributed by atoms with van der Waals surface area (Å²) in [5.74, 6) is -0.986. The molecule has 90 valence electrons. The van der Waals surface area contributed by atoms with E-state index in [1.165, 1.54) is 11.3 Å². The van der Waals surface area contributed by atoms with Crippen molar-refractivity contribution in [2.24, 2.45) is 0 Å². The summed E-state index contributed by atoms with van der Waals surface area (Å²) in [5, 5.41) is 12.5. The number of carboxylic acid groups (broad SMARTS) is 1. The SMILES string of the molecule is Cc1sc(NCCOC(C)C)nc1C(=O)O. The number of thiazole rings is 1. The number of aryl methyl sites for hydroxylation is 1. The third kappa shape index (κ3) is 3.79. The Bertz CT molecular complexity index is 363. The van der Waals surface area contributed by atoms with Gasteiger partial charge in [0, 0.05) is 11.4 Å². The Morgan fingerprint density at radius 3 is 2.81 bits per heavy atom. The van der Waals surface area contributed by atoms with E-state index in [4.69, 9.17) is 9.84 Å². The fourth-order valence-electron chi connectivity index (χ4n) is 1.12. The van der Waals surface area contributed by atoms with Crippen LogP contribution in [0.2, 0.25) is 0 Å². The van der Waals surface area contributed by atoms with Crippen LogP contribution >= 0.6 is 11.3 Å². The van der Waals surface area contributed by atoms with Crippen LogP contribution in [0.15, 0.2) is 0 Å². The number of carbonyl (C=O) groups is 1. The molecule has 0 radical (unpaired) electrons. The number of aromatic carboxylic acids is 1. The first-order valence-electron chi connectivity index (χ1n) is 5.07. The monoisotopic (exact) mass is 244 g/mol. The van der Waals surface area contributed by atoms with Crippen molar-refractivity contribution in [1.82, 2.24) is 4.98 Å². The molecule has 0 saturated heterocycles. The molecule has 1 heterocycles. The van der Waals surface area contributed by atoms with Crippen LogP contribution in [0.5, 0.6) is 0 Å². The summed E-state index contributed by atoms with van der Waals surface area (Å²) in [6.45, 7) is 6.89. The Morgan fingerprint density at radius 2 is 2.31 bits per heavy atom. The molecule has 2 N–H and O–H groups in total. The highest BCUT2D eigenvalue weighted by molar-refractivity contribution is 7.15. The van der Waals surface area contributed by atoms with Crippen molar-refractivity contribution >= 4 is 22.4 Å². The number of ether oxygens (including phenoxy) is 1. The van der Waals surface area contributed by atoms with Gasteiger partial charge in [0.2, 0.25) is 0 Å². The number of aromatic nitrogens is 1. The Hall–Kier alpha value is -1.14. The van der Waals surface area contributed by atoms with E-state index in [1.54, 1.807) is 6.92 Å². The fourth-order valence-corrected chi connectivity index (χ4v) is 1.95. The molecule has 0 atom stereocenters. The van der Waals surface area contributed by atoms with Gasteiger partial charge >= 0.3 is 5.97 Å². The maximum atomic E-state index is 10.7.